The van der Waals surface area contributed by atoms with Crippen molar-refractivity contribution in [2.75, 3.05) is 25.3 Å². The number of thioether (sulfide) groups is 1. The smallest absolute Gasteiger partial charge is 0.348 e. The Morgan fingerprint density at radius 1 is 1.22 bits per heavy atom. The Morgan fingerprint density at radius 3 is 2.53 bits per heavy atom. The Kier molecular flexibility index (Phi) is 7.74. The highest BCUT2D eigenvalue weighted by Gasteiger charge is 2.27. The summed E-state index contributed by atoms with van der Waals surface area (Å²) < 4.78 is 17.5. The number of rotatable bonds is 8. The Morgan fingerprint density at radius 2 is 1.94 bits per heavy atom. The number of hydrogen-bond acceptors (Lipinski definition) is 10. The minimum atomic E-state index is -0.656. The van der Waals surface area contributed by atoms with Crippen molar-refractivity contribution in [1.29, 1.82) is 0 Å². The number of carbonyl (C=O) groups excluding carboxylic acids is 3. The molecule has 3 heterocycles. The SMILES string of the molecule is CCn1c(SCC(=O)Nc2sc(C(=O)OC)c(C)c2C(=O)OC)nnc1-c1ccc(Br)o1. The fourth-order valence-electron chi connectivity index (χ4n) is 2.83. The number of thiophene rings is 1. The molecule has 0 saturated heterocycles. The van der Waals surface area contributed by atoms with Crippen LogP contribution in [0.1, 0.15) is 32.5 Å². The molecular weight excluding hydrogens is 524 g/mol. The first-order chi connectivity index (χ1) is 15.3. The van der Waals surface area contributed by atoms with Gasteiger partial charge in [-0.3, -0.25) is 9.36 Å². The minimum absolute atomic E-state index is 0.00506. The topological polar surface area (TPSA) is 126 Å². The Balaban J connectivity index is 1.76. The maximum absolute atomic E-state index is 12.6. The van der Waals surface area contributed by atoms with Crippen LogP contribution in [0.3, 0.4) is 0 Å². The first kappa shape index (κ1) is 24.0. The van der Waals surface area contributed by atoms with E-state index in [2.05, 4.69) is 31.4 Å². The van der Waals surface area contributed by atoms with Gasteiger partial charge in [-0.2, -0.15) is 0 Å². The number of nitrogens with one attached hydrogen (secondary N) is 1. The zero-order chi connectivity index (χ0) is 23.4. The van der Waals surface area contributed by atoms with E-state index in [0.717, 1.165) is 11.3 Å². The third-order valence-electron chi connectivity index (χ3n) is 4.32. The number of esters is 2. The van der Waals surface area contributed by atoms with Crippen LogP contribution in [0, 0.1) is 6.92 Å². The average Bonchev–Trinajstić information content (AvgIpc) is 3.47. The summed E-state index contributed by atoms with van der Waals surface area (Å²) in [6.45, 7) is 4.10. The maximum atomic E-state index is 12.6. The second-order valence-corrected chi connectivity index (χ2v) is 8.98. The number of nitrogens with zero attached hydrogens (tertiary/aromatic N) is 3. The third-order valence-corrected chi connectivity index (χ3v) is 6.90. The van der Waals surface area contributed by atoms with E-state index in [9.17, 15) is 14.4 Å². The quantitative estimate of drug-likeness (QED) is 0.332. The molecule has 3 aromatic rings. The van der Waals surface area contributed by atoms with Crippen LogP contribution in [0.15, 0.2) is 26.4 Å². The molecule has 0 spiro atoms. The van der Waals surface area contributed by atoms with E-state index < -0.39 is 11.9 Å². The van der Waals surface area contributed by atoms with Gasteiger partial charge in [-0.1, -0.05) is 11.8 Å². The standard InChI is InChI=1S/C19H19BrN4O6S2/c1-5-24-15(10-6-7-11(20)30-10)22-23-19(24)31-8-12(25)21-16-13(17(26)28-3)9(2)14(32-16)18(27)29-4/h6-7H,5,8H2,1-4H3,(H,21,25). The number of hydrogen-bond donors (Lipinski definition) is 1. The van der Waals surface area contributed by atoms with Crippen LogP contribution in [0.2, 0.25) is 0 Å². The lowest BCUT2D eigenvalue weighted by Gasteiger charge is -2.07. The zero-order valence-corrected chi connectivity index (χ0v) is 20.8. The van der Waals surface area contributed by atoms with Crippen LogP contribution in [0.25, 0.3) is 11.6 Å². The van der Waals surface area contributed by atoms with Gasteiger partial charge < -0.3 is 19.2 Å². The lowest BCUT2D eigenvalue weighted by Crippen LogP contribution is -2.16. The molecule has 0 aliphatic heterocycles. The van der Waals surface area contributed by atoms with E-state index in [0.29, 0.717) is 33.5 Å². The molecular formula is C19H19BrN4O6S2. The number of carbonyl (C=O) groups is 3. The number of anilines is 1. The van der Waals surface area contributed by atoms with Crippen LogP contribution < -0.4 is 5.32 Å². The summed E-state index contributed by atoms with van der Waals surface area (Å²) in [6, 6.07) is 3.53. The van der Waals surface area contributed by atoms with E-state index >= 15 is 0 Å². The van der Waals surface area contributed by atoms with Crippen molar-refractivity contribution in [3.8, 4) is 11.6 Å². The number of methoxy groups -OCH3 is 2. The van der Waals surface area contributed by atoms with Gasteiger partial charge in [0.15, 0.2) is 15.6 Å². The lowest BCUT2D eigenvalue weighted by atomic mass is 10.1. The second kappa shape index (κ2) is 10.3. The van der Waals surface area contributed by atoms with Crippen molar-refractivity contribution in [2.45, 2.75) is 25.5 Å². The first-order valence-electron chi connectivity index (χ1n) is 9.22. The van der Waals surface area contributed by atoms with E-state index in [1.54, 1.807) is 19.1 Å². The van der Waals surface area contributed by atoms with Crippen LogP contribution in [-0.4, -0.2) is 52.6 Å². The van der Waals surface area contributed by atoms with E-state index in [-0.39, 0.29) is 27.1 Å². The average molecular weight is 543 g/mol. The van der Waals surface area contributed by atoms with E-state index in [1.807, 2.05) is 11.5 Å². The number of aromatic nitrogens is 3. The van der Waals surface area contributed by atoms with Crippen LogP contribution in [0.5, 0.6) is 0 Å². The van der Waals surface area contributed by atoms with Gasteiger partial charge >= 0.3 is 11.9 Å². The van der Waals surface area contributed by atoms with Crippen LogP contribution >= 0.6 is 39.0 Å². The predicted molar refractivity (Wildman–Crippen MR) is 122 cm³/mol. The summed E-state index contributed by atoms with van der Waals surface area (Å²) in [7, 11) is 2.47. The molecule has 3 aromatic heterocycles. The summed E-state index contributed by atoms with van der Waals surface area (Å²) in [5.41, 5.74) is 0.510. The van der Waals surface area contributed by atoms with Gasteiger partial charge in [0.25, 0.3) is 0 Å². The van der Waals surface area contributed by atoms with Gasteiger partial charge in [-0.15, -0.1) is 21.5 Å². The maximum Gasteiger partial charge on any atom is 0.348 e. The number of halogens is 1. The Labute approximate surface area is 199 Å². The fraction of sp³-hybridized carbons (Fsp3) is 0.316. The molecule has 0 unspecified atom stereocenters. The molecule has 1 amide bonds. The van der Waals surface area contributed by atoms with Crippen LogP contribution in [0.4, 0.5) is 5.00 Å². The van der Waals surface area contributed by atoms with Crippen molar-refractivity contribution in [3.05, 3.63) is 32.8 Å². The van der Waals surface area contributed by atoms with Gasteiger partial charge in [0.05, 0.1) is 25.5 Å². The van der Waals surface area contributed by atoms with E-state index in [4.69, 9.17) is 13.9 Å². The molecule has 1 N–H and O–H groups in total. The minimum Gasteiger partial charge on any atom is -0.465 e. The summed E-state index contributed by atoms with van der Waals surface area (Å²) >= 11 is 5.40. The molecule has 3 rings (SSSR count). The van der Waals surface area contributed by atoms with Crippen LogP contribution in [-0.2, 0) is 20.8 Å². The fourth-order valence-corrected chi connectivity index (χ4v) is 5.07. The molecule has 170 valence electrons. The van der Waals surface area contributed by atoms with Crippen molar-refractivity contribution in [2.24, 2.45) is 0 Å². The van der Waals surface area contributed by atoms with E-state index in [1.165, 1.54) is 26.0 Å². The molecule has 0 aromatic carbocycles. The molecule has 0 saturated carbocycles. The monoisotopic (exact) mass is 542 g/mol. The molecule has 0 radical (unpaired) electrons. The number of amides is 1. The van der Waals surface area contributed by atoms with Gasteiger partial charge in [0.1, 0.15) is 9.88 Å². The summed E-state index contributed by atoms with van der Waals surface area (Å²) in [5, 5.41) is 11.8. The lowest BCUT2D eigenvalue weighted by molar-refractivity contribution is -0.113. The van der Waals surface area contributed by atoms with Gasteiger partial charge in [-0.25, -0.2) is 9.59 Å². The summed E-state index contributed by atoms with van der Waals surface area (Å²) in [4.78, 5) is 37.0. The van der Waals surface area contributed by atoms with Crippen molar-refractivity contribution in [1.82, 2.24) is 14.8 Å². The molecule has 13 heteroatoms. The zero-order valence-electron chi connectivity index (χ0n) is 17.6. The number of ether oxygens (including phenoxy) is 2. The molecule has 0 atom stereocenters. The highest BCUT2D eigenvalue weighted by atomic mass is 79.9. The normalized spacial score (nSPS) is 10.8. The van der Waals surface area contributed by atoms with Crippen molar-refractivity contribution >= 4 is 61.9 Å². The van der Waals surface area contributed by atoms with Crippen molar-refractivity contribution < 1.29 is 28.3 Å². The number of furan rings is 1. The molecule has 0 aliphatic rings. The third kappa shape index (κ3) is 4.89. The molecule has 0 bridgehead atoms. The summed E-state index contributed by atoms with van der Waals surface area (Å²) in [6.07, 6.45) is 0. The summed E-state index contributed by atoms with van der Waals surface area (Å²) in [5.74, 6) is -0.533. The van der Waals surface area contributed by atoms with Crippen molar-refractivity contribution in [3.63, 3.8) is 0 Å². The Bertz CT molecular complexity index is 1170. The molecule has 32 heavy (non-hydrogen) atoms. The second-order valence-electron chi connectivity index (χ2n) is 6.23. The highest BCUT2D eigenvalue weighted by Crippen LogP contribution is 2.34. The van der Waals surface area contributed by atoms with Gasteiger partial charge in [0.2, 0.25) is 11.7 Å². The molecule has 10 nitrogen and oxygen atoms in total. The highest BCUT2D eigenvalue weighted by molar-refractivity contribution is 9.10. The largest absolute Gasteiger partial charge is 0.465 e. The Hall–Kier alpha value is -2.64. The first-order valence-corrected chi connectivity index (χ1v) is 11.8. The van der Waals surface area contributed by atoms with Gasteiger partial charge in [0, 0.05) is 6.54 Å². The van der Waals surface area contributed by atoms with Gasteiger partial charge in [-0.05, 0) is 47.5 Å². The predicted octanol–water partition coefficient (Wildman–Crippen LogP) is 3.99. The molecule has 0 fully saturated rings. The molecule has 0 aliphatic carbocycles.